The summed E-state index contributed by atoms with van der Waals surface area (Å²) in [6.07, 6.45) is 5.16. The third kappa shape index (κ3) is 2.71. The summed E-state index contributed by atoms with van der Waals surface area (Å²) in [5, 5.41) is 10.8. The normalized spacial score (nSPS) is 27.3. The number of aryl methyl sites for hydroxylation is 1. The summed E-state index contributed by atoms with van der Waals surface area (Å²) in [5.74, 6) is 0. The molecule has 1 fully saturated rings. The van der Waals surface area contributed by atoms with Gasteiger partial charge in [-0.3, -0.25) is 0 Å². The highest BCUT2D eigenvalue weighted by Crippen LogP contribution is 2.48. The summed E-state index contributed by atoms with van der Waals surface area (Å²) in [6, 6.07) is 8.53. The molecule has 1 saturated carbocycles. The monoisotopic (exact) mass is 232 g/mol. The standard InChI is InChI=1S/C16H24O/c1-4-6-13-7-5-8-14(11-13)16(17)10-9-15(2,3)12-16/h5,7-8,11,17H,4,6,9-10,12H2,1-3H3. The van der Waals surface area contributed by atoms with E-state index in [1.807, 2.05) is 0 Å². The Kier molecular flexibility index (Phi) is 3.31. The van der Waals surface area contributed by atoms with Crippen molar-refractivity contribution >= 4 is 0 Å². The van der Waals surface area contributed by atoms with Crippen LogP contribution in [0, 0.1) is 5.41 Å². The van der Waals surface area contributed by atoms with Crippen LogP contribution < -0.4 is 0 Å². The Morgan fingerprint density at radius 1 is 1.24 bits per heavy atom. The van der Waals surface area contributed by atoms with Crippen molar-refractivity contribution in [3.05, 3.63) is 35.4 Å². The van der Waals surface area contributed by atoms with Gasteiger partial charge in [0.15, 0.2) is 0 Å². The predicted octanol–water partition coefficient (Wildman–Crippen LogP) is 4.04. The van der Waals surface area contributed by atoms with Crippen LogP contribution in [0.4, 0.5) is 0 Å². The summed E-state index contributed by atoms with van der Waals surface area (Å²) in [6.45, 7) is 6.70. The molecule has 0 heterocycles. The Labute approximate surface area is 105 Å². The first-order valence-electron chi connectivity index (χ1n) is 6.77. The van der Waals surface area contributed by atoms with Gasteiger partial charge in [-0.2, -0.15) is 0 Å². The predicted molar refractivity (Wildman–Crippen MR) is 72.0 cm³/mol. The van der Waals surface area contributed by atoms with E-state index in [2.05, 4.69) is 45.0 Å². The van der Waals surface area contributed by atoms with E-state index in [1.165, 1.54) is 5.56 Å². The van der Waals surface area contributed by atoms with Crippen LogP contribution in [0.5, 0.6) is 0 Å². The molecule has 0 bridgehead atoms. The fourth-order valence-electron chi connectivity index (χ4n) is 3.07. The van der Waals surface area contributed by atoms with Crippen molar-refractivity contribution < 1.29 is 5.11 Å². The average Bonchev–Trinajstić information content (AvgIpc) is 2.55. The van der Waals surface area contributed by atoms with Crippen LogP contribution in [-0.2, 0) is 12.0 Å². The lowest BCUT2D eigenvalue weighted by molar-refractivity contribution is 0.0338. The van der Waals surface area contributed by atoms with E-state index in [4.69, 9.17) is 0 Å². The van der Waals surface area contributed by atoms with Gasteiger partial charge in [0.25, 0.3) is 0 Å². The van der Waals surface area contributed by atoms with Crippen LogP contribution in [0.1, 0.15) is 57.6 Å². The summed E-state index contributed by atoms with van der Waals surface area (Å²) >= 11 is 0. The first-order chi connectivity index (χ1) is 7.95. The molecule has 17 heavy (non-hydrogen) atoms. The molecule has 1 aliphatic carbocycles. The molecule has 94 valence electrons. The van der Waals surface area contributed by atoms with Crippen LogP contribution in [0.25, 0.3) is 0 Å². The van der Waals surface area contributed by atoms with Crippen molar-refractivity contribution in [2.45, 2.75) is 58.5 Å². The second kappa shape index (κ2) is 4.45. The summed E-state index contributed by atoms with van der Waals surface area (Å²) in [5.41, 5.74) is 2.15. The minimum Gasteiger partial charge on any atom is -0.385 e. The Hall–Kier alpha value is -0.820. The van der Waals surface area contributed by atoms with Crippen molar-refractivity contribution in [1.29, 1.82) is 0 Å². The molecule has 0 amide bonds. The van der Waals surface area contributed by atoms with E-state index in [0.29, 0.717) is 0 Å². The molecule has 1 aromatic rings. The fourth-order valence-corrected chi connectivity index (χ4v) is 3.07. The van der Waals surface area contributed by atoms with Crippen LogP contribution >= 0.6 is 0 Å². The Balaban J connectivity index is 2.25. The summed E-state index contributed by atoms with van der Waals surface area (Å²) in [4.78, 5) is 0. The lowest BCUT2D eigenvalue weighted by Crippen LogP contribution is -2.23. The lowest BCUT2D eigenvalue weighted by atomic mass is 9.85. The smallest absolute Gasteiger partial charge is 0.0902 e. The SMILES string of the molecule is CCCc1cccc(C2(O)CCC(C)(C)C2)c1. The fraction of sp³-hybridized carbons (Fsp3) is 0.625. The highest BCUT2D eigenvalue weighted by atomic mass is 16.3. The maximum Gasteiger partial charge on any atom is 0.0902 e. The zero-order valence-electron chi connectivity index (χ0n) is 11.3. The molecule has 0 spiro atoms. The van der Waals surface area contributed by atoms with E-state index in [9.17, 15) is 5.11 Å². The first-order valence-corrected chi connectivity index (χ1v) is 6.77. The second-order valence-corrected chi connectivity index (χ2v) is 6.32. The van der Waals surface area contributed by atoms with Gasteiger partial charge in [0.1, 0.15) is 0 Å². The van der Waals surface area contributed by atoms with Gasteiger partial charge in [0.2, 0.25) is 0 Å². The van der Waals surface area contributed by atoms with Gasteiger partial charge in [-0.1, -0.05) is 51.5 Å². The average molecular weight is 232 g/mol. The molecule has 1 N–H and O–H groups in total. The highest BCUT2D eigenvalue weighted by molar-refractivity contribution is 5.29. The minimum atomic E-state index is -0.590. The molecule has 0 aliphatic heterocycles. The van der Waals surface area contributed by atoms with Crippen molar-refractivity contribution in [2.75, 3.05) is 0 Å². The van der Waals surface area contributed by atoms with Gasteiger partial charge in [-0.25, -0.2) is 0 Å². The molecular formula is C16H24O. The number of hydrogen-bond donors (Lipinski definition) is 1. The molecule has 0 radical (unpaired) electrons. The molecule has 1 aliphatic rings. The minimum absolute atomic E-state index is 0.273. The lowest BCUT2D eigenvalue weighted by Gasteiger charge is -2.26. The number of aliphatic hydroxyl groups is 1. The molecule has 1 aromatic carbocycles. The Morgan fingerprint density at radius 2 is 2.00 bits per heavy atom. The maximum absolute atomic E-state index is 10.8. The Morgan fingerprint density at radius 3 is 2.59 bits per heavy atom. The number of hydrogen-bond acceptors (Lipinski definition) is 1. The van der Waals surface area contributed by atoms with Crippen molar-refractivity contribution in [3.8, 4) is 0 Å². The second-order valence-electron chi connectivity index (χ2n) is 6.32. The van der Waals surface area contributed by atoms with Gasteiger partial charge >= 0.3 is 0 Å². The largest absolute Gasteiger partial charge is 0.385 e. The molecule has 1 heteroatoms. The van der Waals surface area contributed by atoms with Crippen LogP contribution in [0.3, 0.4) is 0 Å². The van der Waals surface area contributed by atoms with Crippen molar-refractivity contribution in [1.82, 2.24) is 0 Å². The van der Waals surface area contributed by atoms with Gasteiger partial charge in [0, 0.05) is 0 Å². The third-order valence-corrected chi connectivity index (χ3v) is 3.99. The summed E-state index contributed by atoms with van der Waals surface area (Å²) < 4.78 is 0. The first kappa shape index (κ1) is 12.6. The van der Waals surface area contributed by atoms with E-state index in [-0.39, 0.29) is 5.41 Å². The maximum atomic E-state index is 10.8. The molecular weight excluding hydrogens is 208 g/mol. The van der Waals surface area contributed by atoms with E-state index in [0.717, 1.165) is 37.7 Å². The van der Waals surface area contributed by atoms with Gasteiger partial charge < -0.3 is 5.11 Å². The van der Waals surface area contributed by atoms with Crippen LogP contribution in [0.2, 0.25) is 0 Å². The van der Waals surface area contributed by atoms with Gasteiger partial charge in [-0.15, -0.1) is 0 Å². The topological polar surface area (TPSA) is 20.2 Å². The van der Waals surface area contributed by atoms with Crippen molar-refractivity contribution in [3.63, 3.8) is 0 Å². The van der Waals surface area contributed by atoms with Crippen molar-refractivity contribution in [2.24, 2.45) is 5.41 Å². The van der Waals surface area contributed by atoms with Gasteiger partial charge in [0.05, 0.1) is 5.60 Å². The molecule has 1 unspecified atom stereocenters. The highest BCUT2D eigenvalue weighted by Gasteiger charge is 2.42. The zero-order chi connectivity index (χ0) is 12.5. The molecule has 0 saturated heterocycles. The van der Waals surface area contributed by atoms with E-state index < -0.39 is 5.60 Å². The molecule has 2 rings (SSSR count). The Bertz CT molecular complexity index is 394. The molecule has 1 atom stereocenters. The third-order valence-electron chi connectivity index (χ3n) is 3.99. The summed E-state index contributed by atoms with van der Waals surface area (Å²) in [7, 11) is 0. The number of rotatable bonds is 3. The van der Waals surface area contributed by atoms with Crippen LogP contribution in [0.15, 0.2) is 24.3 Å². The van der Waals surface area contributed by atoms with E-state index in [1.54, 1.807) is 0 Å². The van der Waals surface area contributed by atoms with Crippen LogP contribution in [-0.4, -0.2) is 5.11 Å². The van der Waals surface area contributed by atoms with Gasteiger partial charge in [-0.05, 0) is 42.2 Å². The zero-order valence-corrected chi connectivity index (χ0v) is 11.3. The quantitative estimate of drug-likeness (QED) is 0.834. The number of benzene rings is 1. The molecule has 1 nitrogen and oxygen atoms in total. The van der Waals surface area contributed by atoms with E-state index >= 15 is 0 Å². The molecule has 0 aromatic heterocycles.